The maximum Gasteiger partial charge on any atom is 0.0421 e. The van der Waals surface area contributed by atoms with E-state index in [1.807, 2.05) is 22.7 Å². The highest BCUT2D eigenvalue weighted by Gasteiger charge is 2.18. The van der Waals surface area contributed by atoms with Crippen molar-refractivity contribution in [2.75, 3.05) is 0 Å². The SMILES string of the molecule is CC(C)(C)c1ccc(-c2scc3c(-c4cccc5c(-c6ccc(C(C)(C)C)cc6)scc45)cccc23)cc1. The van der Waals surface area contributed by atoms with Crippen LogP contribution in [-0.4, -0.2) is 0 Å². The third kappa shape index (κ3) is 4.40. The van der Waals surface area contributed by atoms with E-state index >= 15 is 0 Å². The van der Waals surface area contributed by atoms with Gasteiger partial charge in [0.1, 0.15) is 0 Å². The summed E-state index contributed by atoms with van der Waals surface area (Å²) in [4.78, 5) is 2.69. The van der Waals surface area contributed by atoms with Crippen LogP contribution < -0.4 is 0 Å². The Morgan fingerprint density at radius 2 is 0.789 bits per heavy atom. The molecule has 0 nitrogen and oxygen atoms in total. The van der Waals surface area contributed by atoms with E-state index in [4.69, 9.17) is 0 Å². The first kappa shape index (κ1) is 25.1. The highest BCUT2D eigenvalue weighted by atomic mass is 32.1. The van der Waals surface area contributed by atoms with Crippen LogP contribution in [0.25, 0.3) is 53.6 Å². The van der Waals surface area contributed by atoms with Crippen molar-refractivity contribution >= 4 is 44.2 Å². The lowest BCUT2D eigenvalue weighted by Gasteiger charge is -2.19. The first-order chi connectivity index (χ1) is 18.1. The second-order valence-corrected chi connectivity index (χ2v) is 14.1. The fourth-order valence-electron chi connectivity index (χ4n) is 5.30. The van der Waals surface area contributed by atoms with Crippen molar-refractivity contribution in [1.82, 2.24) is 0 Å². The van der Waals surface area contributed by atoms with Crippen LogP contribution >= 0.6 is 22.7 Å². The zero-order valence-corrected chi connectivity index (χ0v) is 24.7. The molecule has 0 saturated heterocycles. The molecule has 0 spiro atoms. The van der Waals surface area contributed by atoms with Crippen LogP contribution in [0.3, 0.4) is 0 Å². The summed E-state index contributed by atoms with van der Waals surface area (Å²) < 4.78 is 0. The Morgan fingerprint density at radius 3 is 1.13 bits per heavy atom. The minimum atomic E-state index is 0.163. The Hall–Kier alpha value is -3.20. The molecule has 0 aliphatic carbocycles. The molecule has 2 heterocycles. The van der Waals surface area contributed by atoms with E-state index in [9.17, 15) is 0 Å². The molecule has 0 radical (unpaired) electrons. The number of fused-ring (bicyclic) bond motifs is 2. The molecule has 2 aromatic heterocycles. The molecule has 38 heavy (non-hydrogen) atoms. The highest BCUT2D eigenvalue weighted by Crippen LogP contribution is 2.44. The molecular weight excluding hydrogens is 497 g/mol. The van der Waals surface area contributed by atoms with Crippen molar-refractivity contribution in [2.24, 2.45) is 0 Å². The Labute approximate surface area is 234 Å². The van der Waals surface area contributed by atoms with Crippen LogP contribution in [0.2, 0.25) is 0 Å². The summed E-state index contributed by atoms with van der Waals surface area (Å²) in [6, 6.07) is 31.8. The van der Waals surface area contributed by atoms with Gasteiger partial charge in [-0.15, -0.1) is 22.7 Å². The quantitative estimate of drug-likeness (QED) is 0.213. The fraction of sp³-hybridized carbons (Fsp3) is 0.222. The molecule has 0 saturated carbocycles. The molecule has 4 aromatic carbocycles. The van der Waals surface area contributed by atoms with Crippen LogP contribution in [-0.2, 0) is 10.8 Å². The van der Waals surface area contributed by atoms with Crippen LogP contribution in [0.15, 0.2) is 95.7 Å². The number of benzene rings is 4. The summed E-state index contributed by atoms with van der Waals surface area (Å²) in [7, 11) is 0. The molecule has 6 rings (SSSR count). The summed E-state index contributed by atoms with van der Waals surface area (Å²) in [6.07, 6.45) is 0. The number of rotatable bonds is 3. The second-order valence-electron chi connectivity index (χ2n) is 12.3. The molecule has 190 valence electrons. The van der Waals surface area contributed by atoms with Crippen molar-refractivity contribution in [2.45, 2.75) is 52.4 Å². The van der Waals surface area contributed by atoms with E-state index in [1.54, 1.807) is 0 Å². The van der Waals surface area contributed by atoms with Gasteiger partial charge in [0.05, 0.1) is 0 Å². The zero-order chi connectivity index (χ0) is 26.7. The molecule has 0 bridgehead atoms. The lowest BCUT2D eigenvalue weighted by molar-refractivity contribution is 0.590. The van der Waals surface area contributed by atoms with Gasteiger partial charge in [0.15, 0.2) is 0 Å². The summed E-state index contributed by atoms with van der Waals surface area (Å²) in [5.41, 5.74) is 8.29. The van der Waals surface area contributed by atoms with Gasteiger partial charge in [0.2, 0.25) is 0 Å². The first-order valence-electron chi connectivity index (χ1n) is 13.3. The smallest absolute Gasteiger partial charge is 0.0421 e. The lowest BCUT2D eigenvalue weighted by Crippen LogP contribution is -2.10. The average Bonchev–Trinajstić information content (AvgIpc) is 3.52. The van der Waals surface area contributed by atoms with Crippen LogP contribution in [0, 0.1) is 0 Å². The van der Waals surface area contributed by atoms with Crippen LogP contribution in [0.1, 0.15) is 52.7 Å². The Bertz CT molecular complexity index is 1610. The second kappa shape index (κ2) is 9.22. The molecule has 0 unspecified atom stereocenters. The topological polar surface area (TPSA) is 0 Å². The minimum absolute atomic E-state index is 0.163. The standard InChI is InChI=1S/C36H34S2/c1-35(2,3)25-17-13-23(14-18-25)33-29-11-7-9-27(31(29)21-37-33)28-10-8-12-30-32(28)22-38-34(30)24-15-19-26(20-16-24)36(4,5)6/h7-22H,1-6H3. The van der Waals surface area contributed by atoms with E-state index < -0.39 is 0 Å². The highest BCUT2D eigenvalue weighted by molar-refractivity contribution is 7.16. The summed E-state index contributed by atoms with van der Waals surface area (Å²) in [5.74, 6) is 0. The van der Waals surface area contributed by atoms with Gasteiger partial charge in [-0.3, -0.25) is 0 Å². The predicted molar refractivity (Wildman–Crippen MR) is 171 cm³/mol. The Kier molecular flexibility index (Phi) is 6.09. The van der Waals surface area contributed by atoms with Gasteiger partial charge in [-0.2, -0.15) is 0 Å². The zero-order valence-electron chi connectivity index (χ0n) is 23.1. The third-order valence-electron chi connectivity index (χ3n) is 7.61. The average molecular weight is 531 g/mol. The van der Waals surface area contributed by atoms with E-state index in [0.29, 0.717) is 0 Å². The Balaban J connectivity index is 1.43. The summed E-state index contributed by atoms with van der Waals surface area (Å²) >= 11 is 3.70. The van der Waals surface area contributed by atoms with Crippen LogP contribution in [0.4, 0.5) is 0 Å². The molecule has 0 N–H and O–H groups in total. The third-order valence-corrected chi connectivity index (χ3v) is 9.70. The monoisotopic (exact) mass is 530 g/mol. The molecule has 0 amide bonds. The summed E-state index contributed by atoms with van der Waals surface area (Å²) in [5, 5.41) is 10.0. The van der Waals surface area contributed by atoms with Crippen LogP contribution in [0.5, 0.6) is 0 Å². The number of thiophene rings is 2. The van der Waals surface area contributed by atoms with E-state index in [1.165, 1.54) is 64.7 Å². The molecule has 0 atom stereocenters. The van der Waals surface area contributed by atoms with Gasteiger partial charge >= 0.3 is 0 Å². The van der Waals surface area contributed by atoms with Gasteiger partial charge in [-0.1, -0.05) is 126 Å². The van der Waals surface area contributed by atoms with Crippen molar-refractivity contribution in [1.29, 1.82) is 0 Å². The number of hydrogen-bond donors (Lipinski definition) is 0. The van der Waals surface area contributed by atoms with Crippen molar-refractivity contribution in [3.8, 4) is 32.0 Å². The van der Waals surface area contributed by atoms with E-state index in [0.717, 1.165) is 0 Å². The number of hydrogen-bond acceptors (Lipinski definition) is 2. The van der Waals surface area contributed by atoms with Gasteiger partial charge in [0.25, 0.3) is 0 Å². The molecule has 0 aliphatic heterocycles. The first-order valence-corrected chi connectivity index (χ1v) is 15.1. The molecule has 2 heteroatoms. The molecule has 0 aliphatic rings. The maximum atomic E-state index is 2.34. The van der Waals surface area contributed by atoms with Gasteiger partial charge < -0.3 is 0 Å². The Morgan fingerprint density at radius 1 is 0.421 bits per heavy atom. The lowest BCUT2D eigenvalue weighted by atomic mass is 9.86. The summed E-state index contributed by atoms with van der Waals surface area (Å²) in [6.45, 7) is 13.6. The minimum Gasteiger partial charge on any atom is -0.143 e. The largest absolute Gasteiger partial charge is 0.143 e. The molecule has 6 aromatic rings. The molecule has 0 fully saturated rings. The normalized spacial score (nSPS) is 12.5. The van der Waals surface area contributed by atoms with Gasteiger partial charge in [-0.25, -0.2) is 0 Å². The van der Waals surface area contributed by atoms with Crippen molar-refractivity contribution < 1.29 is 0 Å². The van der Waals surface area contributed by atoms with Gasteiger partial charge in [0, 0.05) is 31.3 Å². The van der Waals surface area contributed by atoms with Crippen molar-refractivity contribution in [3.63, 3.8) is 0 Å². The maximum absolute atomic E-state index is 2.34. The fourth-order valence-corrected chi connectivity index (χ4v) is 7.44. The van der Waals surface area contributed by atoms with E-state index in [-0.39, 0.29) is 10.8 Å². The van der Waals surface area contributed by atoms with E-state index in [2.05, 4.69) is 137 Å². The van der Waals surface area contributed by atoms with Gasteiger partial charge in [-0.05, 0) is 55.0 Å². The predicted octanol–water partition coefficient (Wildman–Crippen LogP) is 11.7. The van der Waals surface area contributed by atoms with Crippen molar-refractivity contribution in [3.05, 3.63) is 107 Å². The molecular formula is C36H34S2.